The SMILES string of the molecule is CC(C)OC(=O)NN(C(=O)OC(C)C)c1c(-c2cccc3ccccc23)nc2ccccn12. The van der Waals surface area contributed by atoms with Crippen molar-refractivity contribution in [1.82, 2.24) is 14.8 Å². The number of amides is 2. The zero-order chi connectivity index (χ0) is 23.5. The first kappa shape index (κ1) is 22.1. The molecule has 2 aromatic carbocycles. The number of hydrazine groups is 1. The number of hydrogen-bond acceptors (Lipinski definition) is 5. The molecule has 8 heteroatoms. The van der Waals surface area contributed by atoms with Gasteiger partial charge in [-0.3, -0.25) is 4.40 Å². The number of carbonyl (C=O) groups excluding carboxylic acids is 2. The molecule has 0 atom stereocenters. The van der Waals surface area contributed by atoms with E-state index in [-0.39, 0.29) is 6.10 Å². The fraction of sp³-hybridized carbons (Fsp3) is 0.240. The summed E-state index contributed by atoms with van der Waals surface area (Å²) in [5.74, 6) is 0.341. The largest absolute Gasteiger partial charge is 0.446 e. The zero-order valence-corrected chi connectivity index (χ0v) is 19.0. The molecule has 0 saturated carbocycles. The molecule has 0 bridgehead atoms. The van der Waals surface area contributed by atoms with E-state index in [4.69, 9.17) is 14.5 Å². The lowest BCUT2D eigenvalue weighted by atomic mass is 10.0. The zero-order valence-electron chi connectivity index (χ0n) is 19.0. The number of pyridine rings is 1. The van der Waals surface area contributed by atoms with Gasteiger partial charge in [-0.1, -0.05) is 48.5 Å². The van der Waals surface area contributed by atoms with Gasteiger partial charge >= 0.3 is 12.2 Å². The highest BCUT2D eigenvalue weighted by Crippen LogP contribution is 2.35. The number of carbonyl (C=O) groups is 2. The molecule has 4 rings (SSSR count). The monoisotopic (exact) mass is 446 g/mol. The van der Waals surface area contributed by atoms with Gasteiger partial charge in [-0.15, -0.1) is 0 Å². The molecule has 2 aromatic heterocycles. The Kier molecular flexibility index (Phi) is 6.17. The summed E-state index contributed by atoms with van der Waals surface area (Å²) in [6.45, 7) is 6.93. The van der Waals surface area contributed by atoms with Gasteiger partial charge in [0.25, 0.3) is 0 Å². The van der Waals surface area contributed by atoms with Crippen LogP contribution in [0, 0.1) is 0 Å². The van der Waals surface area contributed by atoms with E-state index in [2.05, 4.69) is 5.43 Å². The van der Waals surface area contributed by atoms with E-state index in [1.54, 1.807) is 38.3 Å². The lowest BCUT2D eigenvalue weighted by Gasteiger charge is -2.24. The summed E-state index contributed by atoms with van der Waals surface area (Å²) in [7, 11) is 0. The minimum Gasteiger partial charge on any atom is -0.446 e. The smallest absolute Gasteiger partial charge is 0.435 e. The third kappa shape index (κ3) is 4.59. The van der Waals surface area contributed by atoms with Crippen molar-refractivity contribution < 1.29 is 19.1 Å². The highest BCUT2D eigenvalue weighted by atomic mass is 16.6. The molecule has 0 aliphatic rings. The molecule has 0 saturated heterocycles. The van der Waals surface area contributed by atoms with Gasteiger partial charge < -0.3 is 9.47 Å². The van der Waals surface area contributed by atoms with Crippen molar-refractivity contribution in [3.63, 3.8) is 0 Å². The number of nitrogens with one attached hydrogen (secondary N) is 1. The van der Waals surface area contributed by atoms with Crippen LogP contribution in [0.1, 0.15) is 27.7 Å². The Hall–Kier alpha value is -4.07. The van der Waals surface area contributed by atoms with E-state index in [0.717, 1.165) is 21.3 Å². The van der Waals surface area contributed by atoms with Gasteiger partial charge in [0.05, 0.1) is 12.2 Å². The standard InChI is InChI=1S/C25H26N4O4/c1-16(2)32-24(30)27-29(25(31)33-17(3)4)23-22(26-21-14-7-8-15-28(21)23)20-13-9-11-18-10-5-6-12-19(18)20/h5-17H,1-4H3,(H,27,30). The summed E-state index contributed by atoms with van der Waals surface area (Å²) in [6.07, 6.45) is -0.522. The molecule has 1 N–H and O–H groups in total. The minimum atomic E-state index is -0.777. The van der Waals surface area contributed by atoms with Crippen LogP contribution in [0.3, 0.4) is 0 Å². The van der Waals surface area contributed by atoms with Crippen molar-refractivity contribution in [2.75, 3.05) is 5.01 Å². The van der Waals surface area contributed by atoms with Crippen LogP contribution in [0.4, 0.5) is 15.4 Å². The van der Waals surface area contributed by atoms with Crippen molar-refractivity contribution >= 4 is 34.4 Å². The highest BCUT2D eigenvalue weighted by Gasteiger charge is 2.30. The fourth-order valence-corrected chi connectivity index (χ4v) is 3.58. The van der Waals surface area contributed by atoms with Crippen LogP contribution in [0.15, 0.2) is 66.9 Å². The van der Waals surface area contributed by atoms with Crippen molar-refractivity contribution in [2.45, 2.75) is 39.9 Å². The van der Waals surface area contributed by atoms with Gasteiger partial charge in [-0.25, -0.2) is 20.0 Å². The molecule has 0 spiro atoms. The van der Waals surface area contributed by atoms with Gasteiger partial charge in [-0.05, 0) is 50.6 Å². The van der Waals surface area contributed by atoms with Gasteiger partial charge in [0.1, 0.15) is 11.3 Å². The molecule has 0 radical (unpaired) electrons. The topological polar surface area (TPSA) is 85.2 Å². The quantitative estimate of drug-likeness (QED) is 0.415. The minimum absolute atomic E-state index is 0.341. The first-order valence-corrected chi connectivity index (χ1v) is 10.8. The maximum absolute atomic E-state index is 13.2. The third-order valence-corrected chi connectivity index (χ3v) is 4.83. The molecule has 33 heavy (non-hydrogen) atoms. The summed E-state index contributed by atoms with van der Waals surface area (Å²) >= 11 is 0. The van der Waals surface area contributed by atoms with E-state index in [1.807, 2.05) is 60.7 Å². The van der Waals surface area contributed by atoms with Crippen LogP contribution in [0.2, 0.25) is 0 Å². The number of aromatic nitrogens is 2. The van der Waals surface area contributed by atoms with E-state index < -0.39 is 18.3 Å². The summed E-state index contributed by atoms with van der Waals surface area (Å²) in [4.78, 5) is 30.5. The Labute approximate surface area is 191 Å². The Morgan fingerprint density at radius 3 is 2.36 bits per heavy atom. The van der Waals surface area contributed by atoms with Crippen LogP contribution in [-0.2, 0) is 9.47 Å². The summed E-state index contributed by atoms with van der Waals surface area (Å²) in [5.41, 5.74) is 4.48. The molecule has 0 aliphatic heterocycles. The second-order valence-electron chi connectivity index (χ2n) is 8.07. The van der Waals surface area contributed by atoms with Crippen LogP contribution in [-0.4, -0.2) is 33.8 Å². The number of nitrogens with zero attached hydrogens (tertiary/aromatic N) is 3. The molecule has 170 valence electrons. The highest BCUT2D eigenvalue weighted by molar-refractivity contribution is 6.02. The fourth-order valence-electron chi connectivity index (χ4n) is 3.58. The number of hydrogen-bond donors (Lipinski definition) is 1. The second kappa shape index (κ2) is 9.20. The molecule has 0 unspecified atom stereocenters. The van der Waals surface area contributed by atoms with E-state index in [1.165, 1.54) is 0 Å². The number of fused-ring (bicyclic) bond motifs is 2. The Morgan fingerprint density at radius 2 is 1.61 bits per heavy atom. The van der Waals surface area contributed by atoms with Crippen LogP contribution in [0.25, 0.3) is 27.7 Å². The average molecular weight is 447 g/mol. The maximum atomic E-state index is 13.2. The Balaban J connectivity index is 1.94. The maximum Gasteiger partial charge on any atom is 0.435 e. The normalized spacial score (nSPS) is 11.2. The van der Waals surface area contributed by atoms with Crippen molar-refractivity contribution in [3.8, 4) is 11.3 Å². The number of benzene rings is 2. The van der Waals surface area contributed by atoms with E-state index in [0.29, 0.717) is 17.2 Å². The van der Waals surface area contributed by atoms with Crippen molar-refractivity contribution in [3.05, 3.63) is 66.9 Å². The van der Waals surface area contributed by atoms with Crippen molar-refractivity contribution in [2.24, 2.45) is 0 Å². The lowest BCUT2D eigenvalue weighted by molar-refractivity contribution is 0.103. The predicted molar refractivity (Wildman–Crippen MR) is 127 cm³/mol. The molecule has 2 amide bonds. The summed E-state index contributed by atoms with van der Waals surface area (Å²) < 4.78 is 12.4. The molecule has 0 aliphatic carbocycles. The van der Waals surface area contributed by atoms with E-state index in [9.17, 15) is 9.59 Å². The second-order valence-corrected chi connectivity index (χ2v) is 8.07. The Morgan fingerprint density at radius 1 is 0.909 bits per heavy atom. The Bertz CT molecular complexity index is 1310. The van der Waals surface area contributed by atoms with Gasteiger partial charge in [-0.2, -0.15) is 5.01 Å². The van der Waals surface area contributed by atoms with Crippen LogP contribution < -0.4 is 10.4 Å². The molecule has 8 nitrogen and oxygen atoms in total. The van der Waals surface area contributed by atoms with E-state index >= 15 is 0 Å². The molecular formula is C25H26N4O4. The summed E-state index contributed by atoms with van der Waals surface area (Å²) in [6, 6.07) is 19.3. The summed E-state index contributed by atoms with van der Waals surface area (Å²) in [5, 5.41) is 3.05. The molecular weight excluding hydrogens is 420 g/mol. The number of ether oxygens (including phenoxy) is 2. The van der Waals surface area contributed by atoms with Gasteiger partial charge in [0.15, 0.2) is 5.82 Å². The molecule has 0 fully saturated rings. The molecule has 2 heterocycles. The predicted octanol–water partition coefficient (Wildman–Crippen LogP) is 5.56. The third-order valence-electron chi connectivity index (χ3n) is 4.83. The van der Waals surface area contributed by atoms with Crippen molar-refractivity contribution in [1.29, 1.82) is 0 Å². The van der Waals surface area contributed by atoms with Gasteiger partial charge in [0.2, 0.25) is 0 Å². The first-order chi connectivity index (χ1) is 15.8. The number of imidazole rings is 1. The lowest BCUT2D eigenvalue weighted by Crippen LogP contribution is -2.48. The average Bonchev–Trinajstić information content (AvgIpc) is 3.15. The molecule has 4 aromatic rings. The number of anilines is 1. The van der Waals surface area contributed by atoms with Gasteiger partial charge in [0, 0.05) is 11.8 Å². The van der Waals surface area contributed by atoms with Crippen LogP contribution in [0.5, 0.6) is 0 Å². The van der Waals surface area contributed by atoms with Crippen LogP contribution >= 0.6 is 0 Å². The number of rotatable bonds is 4. The first-order valence-electron chi connectivity index (χ1n) is 10.8.